The molecule has 2 aromatic heterocycles. The van der Waals surface area contributed by atoms with E-state index in [1.807, 2.05) is 26.2 Å². The molecular weight excluding hydrogens is 366 g/mol. The van der Waals surface area contributed by atoms with Crippen molar-refractivity contribution in [3.63, 3.8) is 0 Å². The van der Waals surface area contributed by atoms with E-state index in [4.69, 9.17) is 10.5 Å². The highest BCUT2D eigenvalue weighted by molar-refractivity contribution is 5.94. The van der Waals surface area contributed by atoms with E-state index in [0.717, 1.165) is 16.2 Å². The van der Waals surface area contributed by atoms with Crippen molar-refractivity contribution in [3.05, 3.63) is 41.2 Å². The summed E-state index contributed by atoms with van der Waals surface area (Å²) in [6, 6.07) is 7.21. The molecule has 12 heteroatoms. The number of carbonyl (C=O) groups is 1. The number of benzene rings is 1. The molecule has 0 atom stereocenters. The number of nitrogen functional groups attached to an aromatic ring is 1. The van der Waals surface area contributed by atoms with Crippen molar-refractivity contribution in [1.29, 1.82) is 0 Å². The fourth-order valence-electron chi connectivity index (χ4n) is 2.39. The number of aromatic nitrogens is 5. The minimum absolute atomic E-state index is 0.0457. The second-order valence-electron chi connectivity index (χ2n) is 6.13. The van der Waals surface area contributed by atoms with Gasteiger partial charge in [0.1, 0.15) is 18.0 Å². The van der Waals surface area contributed by atoms with Gasteiger partial charge in [-0.05, 0) is 40.1 Å². The number of rotatable bonds is 7. The van der Waals surface area contributed by atoms with Gasteiger partial charge in [0.05, 0.1) is 27.4 Å². The number of hydrazone groups is 1. The normalized spacial score (nSPS) is 11.3. The number of nitrogens with two attached hydrogens (primary N) is 1. The summed E-state index contributed by atoms with van der Waals surface area (Å²) < 4.78 is 11.0. The first kappa shape index (κ1) is 19.0. The Morgan fingerprint density at radius 2 is 2.11 bits per heavy atom. The Bertz CT molecular complexity index is 976. The van der Waals surface area contributed by atoms with Gasteiger partial charge in [-0.2, -0.15) is 9.78 Å². The van der Waals surface area contributed by atoms with Gasteiger partial charge in [0.15, 0.2) is 5.69 Å². The van der Waals surface area contributed by atoms with Crippen LogP contribution in [0.3, 0.4) is 0 Å². The molecule has 0 aliphatic heterocycles. The summed E-state index contributed by atoms with van der Waals surface area (Å²) in [5.74, 6) is 0.437. The van der Waals surface area contributed by atoms with Crippen LogP contribution < -0.4 is 20.8 Å². The Morgan fingerprint density at radius 1 is 1.36 bits per heavy atom. The summed E-state index contributed by atoms with van der Waals surface area (Å²) in [7, 11) is 5.43. The lowest BCUT2D eigenvalue weighted by Crippen LogP contribution is -3.04. The maximum absolute atomic E-state index is 12.5. The molecule has 0 radical (unpaired) electrons. The largest absolute Gasteiger partial charge is 0.497 e. The third kappa shape index (κ3) is 4.12. The van der Waals surface area contributed by atoms with Crippen molar-refractivity contribution in [2.75, 3.05) is 26.9 Å². The van der Waals surface area contributed by atoms with Crippen molar-refractivity contribution in [3.8, 4) is 11.6 Å². The van der Waals surface area contributed by atoms with Crippen LogP contribution in [-0.4, -0.2) is 58.6 Å². The first-order chi connectivity index (χ1) is 13.5. The highest BCUT2D eigenvalue weighted by Gasteiger charge is 2.25. The van der Waals surface area contributed by atoms with E-state index in [1.165, 1.54) is 10.9 Å². The Hall–Kier alpha value is -3.80. The summed E-state index contributed by atoms with van der Waals surface area (Å²) in [6.07, 6.45) is 1.51. The van der Waals surface area contributed by atoms with Crippen molar-refractivity contribution in [1.82, 2.24) is 30.7 Å². The number of nitrogens with one attached hydrogen (secondary N) is 2. The number of hydrogen-bond acceptors (Lipinski definition) is 9. The highest BCUT2D eigenvalue weighted by atomic mass is 16.6. The topological polar surface area (TPSA) is 151 Å². The molecule has 0 aliphatic rings. The second-order valence-corrected chi connectivity index (χ2v) is 6.13. The maximum Gasteiger partial charge on any atom is 0.294 e. The Kier molecular flexibility index (Phi) is 5.60. The smallest absolute Gasteiger partial charge is 0.294 e. The molecule has 0 fully saturated rings. The predicted octanol–water partition coefficient (Wildman–Crippen LogP) is -1.35. The van der Waals surface area contributed by atoms with E-state index < -0.39 is 5.91 Å². The molecule has 4 N–H and O–H groups in total. The minimum atomic E-state index is -0.512. The maximum atomic E-state index is 12.5. The Labute approximate surface area is 159 Å². The third-order valence-electron chi connectivity index (χ3n) is 3.69. The molecule has 0 saturated heterocycles. The molecule has 0 aliphatic carbocycles. The third-order valence-corrected chi connectivity index (χ3v) is 3.69. The van der Waals surface area contributed by atoms with Crippen LogP contribution in [0.15, 0.2) is 34.0 Å². The minimum Gasteiger partial charge on any atom is -0.497 e. The van der Waals surface area contributed by atoms with E-state index in [9.17, 15) is 4.79 Å². The van der Waals surface area contributed by atoms with E-state index in [0.29, 0.717) is 12.2 Å². The van der Waals surface area contributed by atoms with Crippen molar-refractivity contribution < 1.29 is 19.1 Å². The van der Waals surface area contributed by atoms with Crippen LogP contribution in [0.4, 0.5) is 5.82 Å². The van der Waals surface area contributed by atoms with E-state index in [1.54, 1.807) is 19.2 Å². The molecule has 1 amide bonds. The fourth-order valence-corrected chi connectivity index (χ4v) is 2.39. The van der Waals surface area contributed by atoms with Gasteiger partial charge >= 0.3 is 0 Å². The van der Waals surface area contributed by atoms with Gasteiger partial charge in [-0.25, -0.2) is 10.1 Å². The van der Waals surface area contributed by atoms with Gasteiger partial charge in [-0.1, -0.05) is 5.21 Å². The number of nitrogens with zero attached hydrogens (tertiary/aromatic N) is 6. The molecule has 0 bridgehead atoms. The zero-order chi connectivity index (χ0) is 20.1. The summed E-state index contributed by atoms with van der Waals surface area (Å²) in [5, 5.41) is 19.1. The van der Waals surface area contributed by atoms with E-state index >= 15 is 0 Å². The van der Waals surface area contributed by atoms with E-state index in [2.05, 4.69) is 35.8 Å². The van der Waals surface area contributed by atoms with Crippen molar-refractivity contribution >= 4 is 17.9 Å². The highest BCUT2D eigenvalue weighted by Crippen LogP contribution is 2.15. The van der Waals surface area contributed by atoms with E-state index in [-0.39, 0.29) is 17.3 Å². The van der Waals surface area contributed by atoms with Gasteiger partial charge in [0.25, 0.3) is 5.91 Å². The lowest BCUT2D eigenvalue weighted by molar-refractivity contribution is -0.873. The van der Waals surface area contributed by atoms with Crippen molar-refractivity contribution in [2.45, 2.75) is 6.54 Å². The average Bonchev–Trinajstić information content (AvgIpc) is 3.27. The van der Waals surface area contributed by atoms with Crippen LogP contribution in [0, 0.1) is 0 Å². The van der Waals surface area contributed by atoms with Crippen LogP contribution >= 0.6 is 0 Å². The summed E-state index contributed by atoms with van der Waals surface area (Å²) in [4.78, 5) is 13.6. The molecule has 3 rings (SSSR count). The van der Waals surface area contributed by atoms with Gasteiger partial charge in [-0.15, -0.1) is 5.10 Å². The summed E-state index contributed by atoms with van der Waals surface area (Å²) in [5.41, 5.74) is 9.58. The SMILES string of the molecule is COc1ccc(/C=N\NC(=O)c2nnn(-c3nonc3N)c2C[NH+](C)C)cc1. The zero-order valence-corrected chi connectivity index (χ0v) is 15.6. The number of ether oxygens (including phenoxy) is 1. The Morgan fingerprint density at radius 3 is 2.71 bits per heavy atom. The number of quaternary nitrogens is 1. The molecule has 12 nitrogen and oxygen atoms in total. The fraction of sp³-hybridized carbons (Fsp3) is 0.250. The molecule has 1 aromatic carbocycles. The van der Waals surface area contributed by atoms with Crippen LogP contribution in [0.1, 0.15) is 21.7 Å². The first-order valence-corrected chi connectivity index (χ1v) is 8.29. The van der Waals surface area contributed by atoms with Gasteiger partial charge in [0.2, 0.25) is 11.6 Å². The quantitative estimate of drug-likeness (QED) is 0.333. The number of anilines is 1. The molecule has 0 saturated carbocycles. The molecule has 3 aromatic rings. The molecule has 0 spiro atoms. The monoisotopic (exact) mass is 386 g/mol. The Balaban J connectivity index is 1.79. The molecule has 0 unspecified atom stereocenters. The van der Waals surface area contributed by atoms with Crippen LogP contribution in [0.25, 0.3) is 5.82 Å². The molecule has 2 heterocycles. The van der Waals surface area contributed by atoms with Gasteiger partial charge < -0.3 is 15.4 Å². The predicted molar refractivity (Wildman–Crippen MR) is 98.2 cm³/mol. The lowest BCUT2D eigenvalue weighted by atomic mass is 10.2. The zero-order valence-electron chi connectivity index (χ0n) is 15.6. The van der Waals surface area contributed by atoms with Crippen LogP contribution in [0.2, 0.25) is 0 Å². The molecule has 146 valence electrons. The first-order valence-electron chi connectivity index (χ1n) is 8.29. The van der Waals surface area contributed by atoms with Crippen LogP contribution in [-0.2, 0) is 6.54 Å². The summed E-state index contributed by atoms with van der Waals surface area (Å²) >= 11 is 0. The average molecular weight is 386 g/mol. The van der Waals surface area contributed by atoms with Gasteiger partial charge in [-0.3, -0.25) is 4.79 Å². The number of carbonyl (C=O) groups excluding carboxylic acids is 1. The van der Waals surface area contributed by atoms with Crippen LogP contribution in [0.5, 0.6) is 5.75 Å². The molecule has 28 heavy (non-hydrogen) atoms. The summed E-state index contributed by atoms with van der Waals surface area (Å²) in [6.45, 7) is 0.435. The number of hydrogen-bond donors (Lipinski definition) is 3. The number of methoxy groups -OCH3 is 1. The lowest BCUT2D eigenvalue weighted by Gasteiger charge is -2.08. The van der Waals surface area contributed by atoms with Gasteiger partial charge in [0, 0.05) is 0 Å². The van der Waals surface area contributed by atoms with Crippen molar-refractivity contribution in [2.24, 2.45) is 5.10 Å². The molecular formula is C16H20N9O3+. The number of amides is 1. The second kappa shape index (κ2) is 8.26. The standard InChI is InChI=1S/C16H19N9O3/c1-24(2)9-12-13(19-23-25(12)15-14(17)21-28-22-15)16(26)20-18-8-10-4-6-11(27-3)7-5-10/h4-8H,9H2,1-3H3,(H2,17,21)(H,20,26)/p+1/b18-8-.